The van der Waals surface area contributed by atoms with Gasteiger partial charge in [0.15, 0.2) is 0 Å². The highest BCUT2D eigenvalue weighted by Crippen LogP contribution is 2.66. The van der Waals surface area contributed by atoms with E-state index in [1.165, 1.54) is 77.2 Å². The van der Waals surface area contributed by atoms with Gasteiger partial charge < -0.3 is 9.80 Å². The van der Waals surface area contributed by atoms with Crippen molar-refractivity contribution < 1.29 is 0 Å². The minimum absolute atomic E-state index is 0.567. The number of para-hydroxylation sites is 2. The molecule has 0 N–H and O–H groups in total. The molecular formula is C59H42N2. The first-order valence-electron chi connectivity index (χ1n) is 21.3. The summed E-state index contributed by atoms with van der Waals surface area (Å²) in [5.74, 6) is 0. The molecule has 0 saturated carbocycles. The van der Waals surface area contributed by atoms with E-state index in [2.05, 4.69) is 242 Å². The molecule has 0 heterocycles. The number of hydrogen-bond acceptors (Lipinski definition) is 2. The second-order valence-corrected chi connectivity index (χ2v) is 16.6. The Kier molecular flexibility index (Phi) is 7.92. The highest BCUT2D eigenvalue weighted by atomic mass is 15.1. The Morgan fingerprint density at radius 2 is 0.770 bits per heavy atom. The summed E-state index contributed by atoms with van der Waals surface area (Å²) in [7, 11) is 0. The first-order valence-corrected chi connectivity index (χ1v) is 21.3. The topological polar surface area (TPSA) is 6.48 Å². The lowest BCUT2D eigenvalue weighted by molar-refractivity contribution is 0.801. The van der Waals surface area contributed by atoms with Gasteiger partial charge in [-0.3, -0.25) is 0 Å². The van der Waals surface area contributed by atoms with Crippen molar-refractivity contribution in [2.45, 2.75) is 19.3 Å². The van der Waals surface area contributed by atoms with Gasteiger partial charge >= 0.3 is 0 Å². The van der Waals surface area contributed by atoms with Gasteiger partial charge in [-0.1, -0.05) is 146 Å². The first kappa shape index (κ1) is 35.3. The van der Waals surface area contributed by atoms with E-state index in [9.17, 15) is 0 Å². The van der Waals surface area contributed by atoms with E-state index in [0.717, 1.165) is 34.1 Å². The maximum absolute atomic E-state index is 2.51. The molecule has 0 atom stereocenters. The number of aryl methyl sites for hydroxylation is 2. The molecule has 0 radical (unpaired) electrons. The zero-order chi connectivity index (χ0) is 40.7. The van der Waals surface area contributed by atoms with Gasteiger partial charge in [-0.2, -0.15) is 0 Å². The molecule has 0 unspecified atom stereocenters. The SMILES string of the molecule is Cc1cccc(N(c2ccccc2)c2ccc3c(c2)C2(c4ccccc4-c4ccccc42)c2c-3c3ccccc3c3cc(N(c4ccccc4)c4cccc(C)c4)ccc23)c1. The molecule has 2 heteroatoms. The summed E-state index contributed by atoms with van der Waals surface area (Å²) >= 11 is 0. The highest BCUT2D eigenvalue weighted by molar-refractivity contribution is 6.20. The van der Waals surface area contributed by atoms with Crippen LogP contribution in [0.3, 0.4) is 0 Å². The maximum atomic E-state index is 2.51. The fourth-order valence-electron chi connectivity index (χ4n) is 10.7. The Balaban J connectivity index is 1.19. The highest BCUT2D eigenvalue weighted by Gasteiger charge is 2.53. The fraction of sp³-hybridized carbons (Fsp3) is 0.0508. The number of hydrogen-bond donors (Lipinski definition) is 0. The van der Waals surface area contributed by atoms with Gasteiger partial charge in [-0.15, -0.1) is 0 Å². The van der Waals surface area contributed by atoms with Crippen LogP contribution in [-0.2, 0) is 5.41 Å². The van der Waals surface area contributed by atoms with Crippen molar-refractivity contribution in [2.75, 3.05) is 9.80 Å². The number of nitrogens with zero attached hydrogens (tertiary/aromatic N) is 2. The minimum atomic E-state index is -0.567. The van der Waals surface area contributed by atoms with Crippen LogP contribution in [0.1, 0.15) is 33.4 Å². The van der Waals surface area contributed by atoms with Crippen LogP contribution in [0, 0.1) is 13.8 Å². The van der Waals surface area contributed by atoms with E-state index in [-0.39, 0.29) is 0 Å². The molecular weight excluding hydrogens is 737 g/mol. The van der Waals surface area contributed by atoms with E-state index in [0.29, 0.717) is 0 Å². The minimum Gasteiger partial charge on any atom is -0.310 e. The summed E-state index contributed by atoms with van der Waals surface area (Å²) in [6, 6.07) is 81.1. The van der Waals surface area contributed by atoms with Crippen LogP contribution in [-0.4, -0.2) is 0 Å². The van der Waals surface area contributed by atoms with Crippen molar-refractivity contribution in [3.63, 3.8) is 0 Å². The third kappa shape index (κ3) is 5.22. The summed E-state index contributed by atoms with van der Waals surface area (Å²) in [6.45, 7) is 4.35. The molecule has 0 aromatic heterocycles. The van der Waals surface area contributed by atoms with Gasteiger partial charge in [0, 0.05) is 34.1 Å². The lowest BCUT2D eigenvalue weighted by Gasteiger charge is -2.33. The van der Waals surface area contributed by atoms with Gasteiger partial charge in [-0.05, 0) is 164 Å². The van der Waals surface area contributed by atoms with Gasteiger partial charge in [0.1, 0.15) is 0 Å². The Morgan fingerprint density at radius 1 is 0.295 bits per heavy atom. The van der Waals surface area contributed by atoms with Crippen molar-refractivity contribution in [1.29, 1.82) is 0 Å². The second kappa shape index (κ2) is 13.7. The zero-order valence-corrected chi connectivity index (χ0v) is 34.2. The van der Waals surface area contributed by atoms with E-state index >= 15 is 0 Å². The summed E-state index contributed by atoms with van der Waals surface area (Å²) in [6.07, 6.45) is 0. The summed E-state index contributed by atoms with van der Waals surface area (Å²) in [5, 5.41) is 5.06. The molecule has 0 bridgehead atoms. The molecule has 288 valence electrons. The van der Waals surface area contributed by atoms with Crippen LogP contribution < -0.4 is 9.80 Å². The summed E-state index contributed by atoms with van der Waals surface area (Å²) < 4.78 is 0. The van der Waals surface area contributed by atoms with Gasteiger partial charge in [0.25, 0.3) is 0 Å². The fourth-order valence-corrected chi connectivity index (χ4v) is 10.7. The number of anilines is 6. The predicted octanol–water partition coefficient (Wildman–Crippen LogP) is 15.9. The molecule has 0 fully saturated rings. The maximum Gasteiger partial charge on any atom is 0.0732 e. The molecule has 10 aromatic rings. The quantitative estimate of drug-likeness (QED) is 0.155. The third-order valence-electron chi connectivity index (χ3n) is 13.1. The lowest BCUT2D eigenvalue weighted by Crippen LogP contribution is -2.26. The largest absolute Gasteiger partial charge is 0.310 e. The van der Waals surface area contributed by atoms with E-state index in [1.54, 1.807) is 0 Å². The zero-order valence-electron chi connectivity index (χ0n) is 34.2. The molecule has 2 nitrogen and oxygen atoms in total. The molecule has 0 aliphatic heterocycles. The van der Waals surface area contributed by atoms with Crippen molar-refractivity contribution in [3.05, 3.63) is 252 Å². The Morgan fingerprint density at radius 3 is 1.36 bits per heavy atom. The van der Waals surface area contributed by atoms with Crippen LogP contribution in [0.25, 0.3) is 43.8 Å². The number of rotatable bonds is 6. The predicted molar refractivity (Wildman–Crippen MR) is 257 cm³/mol. The molecule has 0 amide bonds. The monoisotopic (exact) mass is 778 g/mol. The standard InChI is InChI=1S/C59H42N2/c1-39-17-15-23-43(35-39)60(41-19-5-3-6-20-41)45-31-33-51-53(37-45)47-25-9-10-28-50(47)57-52-34-32-46(61(42-21-7-4-8-22-42)44-24-16-18-40(2)36-44)38-56(52)59(58(51)57)54-29-13-11-26-48(54)49-27-12-14-30-55(49)59/h3-38H,1-2H3. The number of fused-ring (bicyclic) bond motifs is 15. The van der Waals surface area contributed by atoms with Gasteiger partial charge in [0.2, 0.25) is 0 Å². The second-order valence-electron chi connectivity index (χ2n) is 16.6. The molecule has 2 aliphatic rings. The Labute approximate surface area is 357 Å². The molecule has 61 heavy (non-hydrogen) atoms. The average molecular weight is 779 g/mol. The van der Waals surface area contributed by atoms with E-state index < -0.39 is 5.41 Å². The van der Waals surface area contributed by atoms with Crippen molar-refractivity contribution >= 4 is 55.7 Å². The molecule has 12 rings (SSSR count). The van der Waals surface area contributed by atoms with Crippen LogP contribution >= 0.6 is 0 Å². The smallest absolute Gasteiger partial charge is 0.0732 e. The third-order valence-corrected chi connectivity index (χ3v) is 13.1. The van der Waals surface area contributed by atoms with Gasteiger partial charge in [-0.25, -0.2) is 0 Å². The van der Waals surface area contributed by atoms with Crippen LogP contribution in [0.2, 0.25) is 0 Å². The number of benzene rings is 10. The molecule has 2 aliphatic carbocycles. The van der Waals surface area contributed by atoms with E-state index in [1.807, 2.05) is 0 Å². The Bertz CT molecular complexity index is 3300. The van der Waals surface area contributed by atoms with Crippen LogP contribution in [0.5, 0.6) is 0 Å². The first-order chi connectivity index (χ1) is 30.1. The van der Waals surface area contributed by atoms with Crippen molar-refractivity contribution in [2.24, 2.45) is 0 Å². The van der Waals surface area contributed by atoms with E-state index in [4.69, 9.17) is 0 Å². The Hall–Kier alpha value is -7.68. The normalized spacial score (nSPS) is 12.9. The van der Waals surface area contributed by atoms with Crippen LogP contribution in [0.4, 0.5) is 34.1 Å². The lowest BCUT2D eigenvalue weighted by atomic mass is 9.69. The van der Waals surface area contributed by atoms with Crippen molar-refractivity contribution in [1.82, 2.24) is 0 Å². The molecule has 10 aromatic carbocycles. The van der Waals surface area contributed by atoms with Crippen molar-refractivity contribution in [3.8, 4) is 22.3 Å². The van der Waals surface area contributed by atoms with Crippen LogP contribution in [0.15, 0.2) is 218 Å². The average Bonchev–Trinajstić information content (AvgIpc) is 3.78. The molecule has 0 saturated heterocycles. The molecule has 1 spiro atoms. The summed E-state index contributed by atoms with van der Waals surface area (Å²) in [5.41, 5.74) is 19.3. The summed E-state index contributed by atoms with van der Waals surface area (Å²) in [4.78, 5) is 4.82. The van der Waals surface area contributed by atoms with Gasteiger partial charge in [0.05, 0.1) is 5.41 Å².